The number of hydrogen-bond donors (Lipinski definition) is 1. The Morgan fingerprint density at radius 2 is 2.06 bits per heavy atom. The van der Waals surface area contributed by atoms with Crippen LogP contribution in [0.15, 0.2) is 0 Å². The Kier molecular flexibility index (Phi) is 6.50. The third-order valence-corrected chi connectivity index (χ3v) is 4.11. The third-order valence-electron chi connectivity index (χ3n) is 4.11. The van der Waals surface area contributed by atoms with Crippen LogP contribution in [0.1, 0.15) is 66.2 Å². The van der Waals surface area contributed by atoms with Crippen LogP contribution in [-0.4, -0.2) is 24.8 Å². The lowest BCUT2D eigenvalue weighted by Gasteiger charge is -2.42. The summed E-state index contributed by atoms with van der Waals surface area (Å²) in [6.45, 7) is 11.1. The van der Waals surface area contributed by atoms with E-state index in [2.05, 4.69) is 33.0 Å². The molecule has 1 heterocycles. The molecule has 0 aromatic carbocycles. The summed E-state index contributed by atoms with van der Waals surface area (Å²) in [5, 5.41) is 3.66. The quantitative estimate of drug-likeness (QED) is 0.733. The van der Waals surface area contributed by atoms with Crippen molar-refractivity contribution in [3.05, 3.63) is 0 Å². The first-order valence-corrected chi connectivity index (χ1v) is 7.49. The molecule has 3 atom stereocenters. The minimum Gasteiger partial charge on any atom is -0.374 e. The molecule has 0 aliphatic carbocycles. The Hall–Kier alpha value is -0.0800. The molecule has 0 spiro atoms. The maximum Gasteiger partial charge on any atom is 0.0806 e. The first kappa shape index (κ1) is 15.0. The van der Waals surface area contributed by atoms with Crippen LogP contribution in [0.2, 0.25) is 0 Å². The van der Waals surface area contributed by atoms with Gasteiger partial charge in [0.2, 0.25) is 0 Å². The van der Waals surface area contributed by atoms with Crippen molar-refractivity contribution in [2.24, 2.45) is 5.92 Å². The molecule has 2 nitrogen and oxygen atoms in total. The lowest BCUT2D eigenvalue weighted by molar-refractivity contribution is -0.0922. The van der Waals surface area contributed by atoms with E-state index in [4.69, 9.17) is 4.74 Å². The number of rotatable bonds is 7. The van der Waals surface area contributed by atoms with E-state index in [-0.39, 0.29) is 5.60 Å². The molecule has 1 saturated heterocycles. The molecule has 1 aliphatic rings. The number of hydrogen-bond acceptors (Lipinski definition) is 2. The standard InChI is InChI=1S/C15H31NO/c1-5-9-13(3)12-14(16-6-2)15(4)10-7-8-11-17-15/h13-14,16H,5-12H2,1-4H3. The molecular weight excluding hydrogens is 210 g/mol. The molecule has 0 amide bonds. The molecule has 2 heteroatoms. The second-order valence-electron chi connectivity index (χ2n) is 5.86. The normalized spacial score (nSPS) is 28.9. The van der Waals surface area contributed by atoms with Gasteiger partial charge < -0.3 is 10.1 Å². The van der Waals surface area contributed by atoms with Gasteiger partial charge in [-0.15, -0.1) is 0 Å². The van der Waals surface area contributed by atoms with Crippen molar-refractivity contribution in [3.63, 3.8) is 0 Å². The largest absolute Gasteiger partial charge is 0.374 e. The van der Waals surface area contributed by atoms with Gasteiger partial charge in [0.05, 0.1) is 5.60 Å². The molecule has 0 saturated carbocycles. The first-order valence-electron chi connectivity index (χ1n) is 7.49. The van der Waals surface area contributed by atoms with Gasteiger partial charge in [0.15, 0.2) is 0 Å². The Balaban J connectivity index is 2.56. The van der Waals surface area contributed by atoms with E-state index in [1.165, 1.54) is 38.5 Å². The Labute approximate surface area is 108 Å². The average Bonchev–Trinajstić information content (AvgIpc) is 2.30. The highest BCUT2D eigenvalue weighted by Crippen LogP contribution is 2.31. The van der Waals surface area contributed by atoms with E-state index < -0.39 is 0 Å². The predicted octanol–water partition coefficient (Wildman–Crippen LogP) is 3.75. The van der Waals surface area contributed by atoms with Gasteiger partial charge in [0.1, 0.15) is 0 Å². The highest BCUT2D eigenvalue weighted by Gasteiger charge is 2.36. The van der Waals surface area contributed by atoms with E-state index in [1.54, 1.807) is 0 Å². The first-order chi connectivity index (χ1) is 8.12. The van der Waals surface area contributed by atoms with Crippen LogP contribution in [-0.2, 0) is 4.74 Å². The van der Waals surface area contributed by atoms with Crippen molar-refractivity contribution in [3.8, 4) is 0 Å². The van der Waals surface area contributed by atoms with Gasteiger partial charge in [-0.25, -0.2) is 0 Å². The van der Waals surface area contributed by atoms with Crippen LogP contribution >= 0.6 is 0 Å². The van der Waals surface area contributed by atoms with Crippen LogP contribution in [0.3, 0.4) is 0 Å². The second kappa shape index (κ2) is 7.38. The molecule has 3 unspecified atom stereocenters. The van der Waals surface area contributed by atoms with Crippen molar-refractivity contribution in [2.45, 2.75) is 77.9 Å². The molecule has 1 rings (SSSR count). The minimum absolute atomic E-state index is 0.0657. The lowest BCUT2D eigenvalue weighted by Crippen LogP contribution is -2.52. The summed E-state index contributed by atoms with van der Waals surface area (Å²) < 4.78 is 6.10. The summed E-state index contributed by atoms with van der Waals surface area (Å²) in [5.41, 5.74) is 0.0657. The van der Waals surface area contributed by atoms with E-state index >= 15 is 0 Å². The van der Waals surface area contributed by atoms with E-state index in [1.807, 2.05) is 0 Å². The molecule has 0 bridgehead atoms. The zero-order chi connectivity index (χ0) is 12.7. The fourth-order valence-electron chi connectivity index (χ4n) is 3.04. The average molecular weight is 241 g/mol. The molecule has 1 N–H and O–H groups in total. The number of ether oxygens (including phenoxy) is 1. The zero-order valence-electron chi connectivity index (χ0n) is 12.2. The SMILES string of the molecule is CCCC(C)CC(NCC)C1(C)CCCCO1. The predicted molar refractivity (Wildman–Crippen MR) is 74.4 cm³/mol. The second-order valence-corrected chi connectivity index (χ2v) is 5.86. The number of nitrogens with one attached hydrogen (secondary N) is 1. The lowest BCUT2D eigenvalue weighted by atomic mass is 9.82. The van der Waals surface area contributed by atoms with Crippen LogP contribution in [0.4, 0.5) is 0 Å². The summed E-state index contributed by atoms with van der Waals surface area (Å²) in [6, 6.07) is 0.523. The maximum atomic E-state index is 6.10. The number of likely N-dealkylation sites (N-methyl/N-ethyl adjacent to an activating group) is 1. The van der Waals surface area contributed by atoms with Gasteiger partial charge in [0, 0.05) is 12.6 Å². The van der Waals surface area contributed by atoms with Crippen LogP contribution in [0.5, 0.6) is 0 Å². The van der Waals surface area contributed by atoms with Crippen molar-refractivity contribution >= 4 is 0 Å². The molecular formula is C15H31NO. The molecule has 17 heavy (non-hydrogen) atoms. The molecule has 102 valence electrons. The van der Waals surface area contributed by atoms with Crippen molar-refractivity contribution in [2.75, 3.05) is 13.2 Å². The van der Waals surface area contributed by atoms with Crippen molar-refractivity contribution < 1.29 is 4.74 Å². The van der Waals surface area contributed by atoms with E-state index in [0.717, 1.165) is 19.1 Å². The van der Waals surface area contributed by atoms with Crippen LogP contribution < -0.4 is 5.32 Å². The Morgan fingerprint density at radius 1 is 1.29 bits per heavy atom. The van der Waals surface area contributed by atoms with Gasteiger partial charge in [-0.2, -0.15) is 0 Å². The highest BCUT2D eigenvalue weighted by molar-refractivity contribution is 4.92. The van der Waals surface area contributed by atoms with Gasteiger partial charge in [-0.3, -0.25) is 0 Å². The Bertz CT molecular complexity index is 199. The van der Waals surface area contributed by atoms with E-state index in [0.29, 0.717) is 6.04 Å². The third kappa shape index (κ3) is 4.59. The molecule has 0 aromatic heterocycles. The minimum atomic E-state index is 0.0657. The van der Waals surface area contributed by atoms with Crippen LogP contribution in [0, 0.1) is 5.92 Å². The smallest absolute Gasteiger partial charge is 0.0806 e. The van der Waals surface area contributed by atoms with Crippen molar-refractivity contribution in [1.29, 1.82) is 0 Å². The summed E-state index contributed by atoms with van der Waals surface area (Å²) >= 11 is 0. The van der Waals surface area contributed by atoms with Gasteiger partial charge >= 0.3 is 0 Å². The van der Waals surface area contributed by atoms with Gasteiger partial charge in [0.25, 0.3) is 0 Å². The molecule has 1 fully saturated rings. The molecule has 1 aliphatic heterocycles. The fourth-order valence-corrected chi connectivity index (χ4v) is 3.04. The summed E-state index contributed by atoms with van der Waals surface area (Å²) in [5.74, 6) is 0.798. The summed E-state index contributed by atoms with van der Waals surface area (Å²) in [4.78, 5) is 0. The molecule has 0 aromatic rings. The summed E-state index contributed by atoms with van der Waals surface area (Å²) in [6.07, 6.45) is 7.64. The topological polar surface area (TPSA) is 21.3 Å². The van der Waals surface area contributed by atoms with Crippen molar-refractivity contribution in [1.82, 2.24) is 5.32 Å². The summed E-state index contributed by atoms with van der Waals surface area (Å²) in [7, 11) is 0. The van der Waals surface area contributed by atoms with Gasteiger partial charge in [-0.05, 0) is 45.1 Å². The highest BCUT2D eigenvalue weighted by atomic mass is 16.5. The van der Waals surface area contributed by atoms with E-state index in [9.17, 15) is 0 Å². The Morgan fingerprint density at radius 3 is 2.59 bits per heavy atom. The van der Waals surface area contributed by atoms with Crippen LogP contribution in [0.25, 0.3) is 0 Å². The monoisotopic (exact) mass is 241 g/mol. The maximum absolute atomic E-state index is 6.10. The van der Waals surface area contributed by atoms with Gasteiger partial charge in [-0.1, -0.05) is 33.6 Å². The zero-order valence-corrected chi connectivity index (χ0v) is 12.2. The molecule has 0 radical (unpaired) electrons. The fraction of sp³-hybridized carbons (Fsp3) is 1.00.